The number of hydrogen-bond donors (Lipinski definition) is 2. The van der Waals surface area contributed by atoms with Gasteiger partial charge in [0.15, 0.2) is 0 Å². The van der Waals surface area contributed by atoms with Crippen molar-refractivity contribution < 1.29 is 19.1 Å². The molecule has 0 aliphatic heterocycles. The summed E-state index contributed by atoms with van der Waals surface area (Å²) in [6, 6.07) is 5.35. The van der Waals surface area contributed by atoms with Gasteiger partial charge in [-0.15, -0.1) is 0 Å². The Labute approximate surface area is 118 Å². The van der Waals surface area contributed by atoms with Gasteiger partial charge < -0.3 is 10.4 Å². The van der Waals surface area contributed by atoms with E-state index < -0.39 is 12.0 Å². The molecular weight excluding hydrogens is 261 g/mol. The predicted molar refractivity (Wildman–Crippen MR) is 73.8 cm³/mol. The zero-order chi connectivity index (χ0) is 15.3. The normalized spacial score (nSPS) is 13.8. The standard InChI is InChI=1S/C15H20FNO3/c1-9(2)14(15(19)20)17-13(18)8-10(3)11-6-4-5-7-12(11)16/h4-7,9-10,14H,8H2,1-3H3,(H,17,18)(H,19,20). The van der Waals surface area contributed by atoms with Crippen molar-refractivity contribution in [2.45, 2.75) is 39.2 Å². The molecule has 0 saturated heterocycles. The third kappa shape index (κ3) is 4.33. The zero-order valence-corrected chi connectivity index (χ0v) is 11.9. The number of carbonyl (C=O) groups excluding carboxylic acids is 1. The van der Waals surface area contributed by atoms with Crippen LogP contribution in [0.3, 0.4) is 0 Å². The minimum absolute atomic E-state index is 0.0530. The molecule has 1 aromatic carbocycles. The molecule has 0 bridgehead atoms. The van der Waals surface area contributed by atoms with Crippen LogP contribution in [0.1, 0.15) is 38.7 Å². The van der Waals surface area contributed by atoms with Crippen molar-refractivity contribution in [1.29, 1.82) is 0 Å². The van der Waals surface area contributed by atoms with Crippen LogP contribution in [0.5, 0.6) is 0 Å². The molecule has 0 heterocycles. The van der Waals surface area contributed by atoms with Gasteiger partial charge >= 0.3 is 5.97 Å². The summed E-state index contributed by atoms with van der Waals surface area (Å²) in [5.74, 6) is -2.32. The number of benzene rings is 1. The first-order chi connectivity index (χ1) is 9.32. The van der Waals surface area contributed by atoms with Crippen molar-refractivity contribution in [1.82, 2.24) is 5.32 Å². The minimum atomic E-state index is -1.06. The highest BCUT2D eigenvalue weighted by molar-refractivity contribution is 5.84. The monoisotopic (exact) mass is 281 g/mol. The second kappa shape index (κ2) is 7.03. The highest BCUT2D eigenvalue weighted by Crippen LogP contribution is 2.21. The average molecular weight is 281 g/mol. The van der Waals surface area contributed by atoms with Gasteiger partial charge in [0.1, 0.15) is 11.9 Å². The van der Waals surface area contributed by atoms with E-state index in [2.05, 4.69) is 5.32 Å². The fourth-order valence-corrected chi connectivity index (χ4v) is 2.01. The summed E-state index contributed by atoms with van der Waals surface area (Å²) >= 11 is 0. The van der Waals surface area contributed by atoms with Crippen LogP contribution in [0.2, 0.25) is 0 Å². The van der Waals surface area contributed by atoms with Gasteiger partial charge in [0.25, 0.3) is 0 Å². The number of nitrogens with one attached hydrogen (secondary N) is 1. The van der Waals surface area contributed by atoms with E-state index in [0.29, 0.717) is 5.56 Å². The molecule has 110 valence electrons. The lowest BCUT2D eigenvalue weighted by Gasteiger charge is -2.19. The molecule has 0 spiro atoms. The molecule has 1 rings (SSSR count). The Kier molecular flexibility index (Phi) is 5.67. The first kappa shape index (κ1) is 16.1. The Bertz CT molecular complexity index is 488. The third-order valence-corrected chi connectivity index (χ3v) is 3.18. The fourth-order valence-electron chi connectivity index (χ4n) is 2.01. The molecule has 0 aromatic heterocycles. The molecule has 0 fully saturated rings. The van der Waals surface area contributed by atoms with Crippen LogP contribution in [-0.4, -0.2) is 23.0 Å². The van der Waals surface area contributed by atoms with Gasteiger partial charge in [0.2, 0.25) is 5.91 Å². The number of rotatable bonds is 6. The molecule has 2 N–H and O–H groups in total. The molecule has 20 heavy (non-hydrogen) atoms. The van der Waals surface area contributed by atoms with Crippen LogP contribution in [0.4, 0.5) is 4.39 Å². The first-order valence-electron chi connectivity index (χ1n) is 6.59. The summed E-state index contributed by atoms with van der Waals surface area (Å²) in [4.78, 5) is 22.9. The van der Waals surface area contributed by atoms with Crippen LogP contribution in [0.25, 0.3) is 0 Å². The molecule has 0 radical (unpaired) electrons. The summed E-state index contributed by atoms with van der Waals surface area (Å²) in [5.41, 5.74) is 0.457. The number of carbonyl (C=O) groups is 2. The number of amides is 1. The third-order valence-electron chi connectivity index (χ3n) is 3.18. The smallest absolute Gasteiger partial charge is 0.326 e. The van der Waals surface area contributed by atoms with Crippen LogP contribution in [0.15, 0.2) is 24.3 Å². The van der Waals surface area contributed by atoms with E-state index in [9.17, 15) is 14.0 Å². The van der Waals surface area contributed by atoms with Crippen molar-refractivity contribution in [2.75, 3.05) is 0 Å². The van der Waals surface area contributed by atoms with Gasteiger partial charge in [-0.2, -0.15) is 0 Å². The number of carboxylic acids is 1. The van der Waals surface area contributed by atoms with Crippen LogP contribution >= 0.6 is 0 Å². The summed E-state index contributed by atoms with van der Waals surface area (Å²) in [6.07, 6.45) is 0.0530. The first-order valence-corrected chi connectivity index (χ1v) is 6.59. The van der Waals surface area contributed by atoms with Gasteiger partial charge in [0.05, 0.1) is 0 Å². The lowest BCUT2D eigenvalue weighted by Crippen LogP contribution is -2.44. The molecule has 2 unspecified atom stereocenters. The highest BCUT2D eigenvalue weighted by Gasteiger charge is 2.24. The molecule has 4 nitrogen and oxygen atoms in total. The number of aliphatic carboxylic acids is 1. The summed E-state index contributed by atoms with van der Waals surface area (Å²) in [5, 5.41) is 11.5. The van der Waals surface area contributed by atoms with Gasteiger partial charge in [0, 0.05) is 6.42 Å². The van der Waals surface area contributed by atoms with Crippen molar-refractivity contribution in [2.24, 2.45) is 5.92 Å². The largest absolute Gasteiger partial charge is 0.480 e. The number of hydrogen-bond acceptors (Lipinski definition) is 2. The fraction of sp³-hybridized carbons (Fsp3) is 0.467. The van der Waals surface area contributed by atoms with Crippen molar-refractivity contribution >= 4 is 11.9 Å². The lowest BCUT2D eigenvalue weighted by atomic mass is 9.96. The topological polar surface area (TPSA) is 66.4 Å². The molecular formula is C15H20FNO3. The maximum absolute atomic E-state index is 13.6. The van der Waals surface area contributed by atoms with E-state index in [1.54, 1.807) is 39.0 Å². The van der Waals surface area contributed by atoms with Crippen molar-refractivity contribution in [3.8, 4) is 0 Å². The van der Waals surface area contributed by atoms with E-state index >= 15 is 0 Å². The molecule has 1 amide bonds. The Hall–Kier alpha value is -1.91. The number of carboxylic acid groups (broad SMARTS) is 1. The maximum atomic E-state index is 13.6. The second-order valence-electron chi connectivity index (χ2n) is 5.25. The van der Waals surface area contributed by atoms with Crippen molar-refractivity contribution in [3.63, 3.8) is 0 Å². The Morgan fingerprint density at radius 3 is 2.35 bits per heavy atom. The Balaban J connectivity index is 2.67. The van der Waals surface area contributed by atoms with Crippen LogP contribution < -0.4 is 5.32 Å². The number of halogens is 1. The van der Waals surface area contributed by atoms with Crippen LogP contribution in [-0.2, 0) is 9.59 Å². The quantitative estimate of drug-likeness (QED) is 0.842. The van der Waals surface area contributed by atoms with Gasteiger partial charge in [-0.25, -0.2) is 9.18 Å². The summed E-state index contributed by atoms with van der Waals surface area (Å²) in [6.45, 7) is 5.18. The Morgan fingerprint density at radius 2 is 1.85 bits per heavy atom. The highest BCUT2D eigenvalue weighted by atomic mass is 19.1. The van der Waals surface area contributed by atoms with Gasteiger partial charge in [-0.3, -0.25) is 4.79 Å². The molecule has 0 aliphatic carbocycles. The summed E-state index contributed by atoms with van der Waals surface area (Å²) in [7, 11) is 0. The van der Waals surface area contributed by atoms with Gasteiger partial charge in [-0.05, 0) is 23.5 Å². The molecule has 1 aromatic rings. The SMILES string of the molecule is CC(CC(=O)NC(C(=O)O)C(C)C)c1ccccc1F. The van der Waals surface area contributed by atoms with Crippen LogP contribution in [0, 0.1) is 11.7 Å². The van der Waals surface area contributed by atoms with E-state index in [4.69, 9.17) is 5.11 Å². The molecule has 2 atom stereocenters. The molecule has 0 aliphatic rings. The zero-order valence-electron chi connectivity index (χ0n) is 11.9. The summed E-state index contributed by atoms with van der Waals surface area (Å²) < 4.78 is 13.6. The van der Waals surface area contributed by atoms with E-state index in [1.165, 1.54) is 6.07 Å². The Morgan fingerprint density at radius 1 is 1.25 bits per heavy atom. The molecule has 0 saturated carbocycles. The maximum Gasteiger partial charge on any atom is 0.326 e. The molecule has 5 heteroatoms. The lowest BCUT2D eigenvalue weighted by molar-refractivity contribution is -0.143. The average Bonchev–Trinajstić information content (AvgIpc) is 2.35. The van der Waals surface area contributed by atoms with E-state index in [1.807, 2.05) is 0 Å². The minimum Gasteiger partial charge on any atom is -0.480 e. The van der Waals surface area contributed by atoms with E-state index in [-0.39, 0.29) is 30.0 Å². The van der Waals surface area contributed by atoms with Gasteiger partial charge in [-0.1, -0.05) is 39.0 Å². The predicted octanol–water partition coefficient (Wildman–Crippen LogP) is 2.54. The van der Waals surface area contributed by atoms with Crippen molar-refractivity contribution in [3.05, 3.63) is 35.6 Å². The second-order valence-corrected chi connectivity index (χ2v) is 5.25. The van der Waals surface area contributed by atoms with E-state index in [0.717, 1.165) is 0 Å².